The zero-order chi connectivity index (χ0) is 28.8. The molecule has 0 saturated carbocycles. The van der Waals surface area contributed by atoms with E-state index in [1.54, 1.807) is 0 Å². The second-order valence-corrected chi connectivity index (χ2v) is 11.0. The number of imide groups is 2. The zero-order valence-corrected chi connectivity index (χ0v) is 23.4. The SMILES string of the molecule is NCCCCN1C(=O)N(CCCCN)C(=O)C(Cc2ccc3ccccc3c2)(Cc2ccc3ccccc3c2)C1=O. The van der Waals surface area contributed by atoms with Crippen molar-refractivity contribution in [2.45, 2.75) is 38.5 Å². The summed E-state index contributed by atoms with van der Waals surface area (Å²) in [5.41, 5.74) is 11.7. The van der Waals surface area contributed by atoms with Crippen molar-refractivity contribution in [2.24, 2.45) is 16.9 Å². The Hall–Kier alpha value is -4.07. The van der Waals surface area contributed by atoms with Crippen LogP contribution in [-0.2, 0) is 22.4 Å². The molecule has 7 heteroatoms. The third-order valence-electron chi connectivity index (χ3n) is 8.08. The van der Waals surface area contributed by atoms with Gasteiger partial charge in [0.25, 0.3) is 0 Å². The first-order chi connectivity index (χ1) is 20.0. The van der Waals surface area contributed by atoms with Gasteiger partial charge in [-0.25, -0.2) is 4.79 Å². The molecule has 4 aromatic rings. The van der Waals surface area contributed by atoms with Crippen molar-refractivity contribution in [1.29, 1.82) is 0 Å². The molecule has 0 bridgehead atoms. The highest BCUT2D eigenvalue weighted by atomic mass is 16.2. The lowest BCUT2D eigenvalue weighted by molar-refractivity contribution is -0.159. The third-order valence-corrected chi connectivity index (χ3v) is 8.08. The van der Waals surface area contributed by atoms with Crippen molar-refractivity contribution in [3.8, 4) is 0 Å². The molecule has 41 heavy (non-hydrogen) atoms. The predicted octanol–water partition coefficient (Wildman–Crippen LogP) is 5.03. The molecule has 4 aromatic carbocycles. The molecule has 5 rings (SSSR count). The van der Waals surface area contributed by atoms with Crippen molar-refractivity contribution in [3.63, 3.8) is 0 Å². The van der Waals surface area contributed by atoms with Gasteiger partial charge < -0.3 is 11.5 Å². The molecule has 212 valence electrons. The van der Waals surface area contributed by atoms with Crippen LogP contribution in [0.2, 0.25) is 0 Å². The number of rotatable bonds is 12. The van der Waals surface area contributed by atoms with Crippen LogP contribution in [0.1, 0.15) is 36.8 Å². The van der Waals surface area contributed by atoms with Crippen molar-refractivity contribution in [3.05, 3.63) is 96.1 Å². The van der Waals surface area contributed by atoms with Crippen molar-refractivity contribution in [2.75, 3.05) is 26.2 Å². The van der Waals surface area contributed by atoms with Crippen molar-refractivity contribution in [1.82, 2.24) is 9.80 Å². The van der Waals surface area contributed by atoms with Gasteiger partial charge in [0, 0.05) is 13.1 Å². The molecule has 1 heterocycles. The van der Waals surface area contributed by atoms with Gasteiger partial charge in [0.1, 0.15) is 5.41 Å². The predicted molar refractivity (Wildman–Crippen MR) is 163 cm³/mol. The van der Waals surface area contributed by atoms with Crippen LogP contribution in [-0.4, -0.2) is 53.8 Å². The number of carbonyl (C=O) groups is 3. The van der Waals surface area contributed by atoms with E-state index in [2.05, 4.69) is 0 Å². The molecular weight excluding hydrogens is 512 g/mol. The Bertz CT molecular complexity index is 1450. The molecule has 0 unspecified atom stereocenters. The maximum Gasteiger partial charge on any atom is 0.333 e. The monoisotopic (exact) mass is 550 g/mol. The fraction of sp³-hybridized carbons (Fsp3) is 0.324. The number of hydrogen-bond acceptors (Lipinski definition) is 5. The molecule has 1 aliphatic heterocycles. The van der Waals surface area contributed by atoms with Gasteiger partial charge in [-0.3, -0.25) is 19.4 Å². The van der Waals surface area contributed by atoms with Crippen LogP contribution in [0.3, 0.4) is 0 Å². The minimum Gasteiger partial charge on any atom is -0.330 e. The maximum absolute atomic E-state index is 14.5. The number of barbiturate groups is 1. The number of amides is 4. The molecule has 7 nitrogen and oxygen atoms in total. The van der Waals surface area contributed by atoms with E-state index in [4.69, 9.17) is 11.5 Å². The van der Waals surface area contributed by atoms with Crippen LogP contribution < -0.4 is 11.5 Å². The molecule has 0 atom stereocenters. The molecule has 0 aliphatic carbocycles. The summed E-state index contributed by atoms with van der Waals surface area (Å²) >= 11 is 0. The first-order valence-corrected chi connectivity index (χ1v) is 14.5. The zero-order valence-electron chi connectivity index (χ0n) is 23.4. The number of hydrogen-bond donors (Lipinski definition) is 2. The number of fused-ring (bicyclic) bond motifs is 2. The van der Waals surface area contributed by atoms with Crippen LogP contribution in [0.15, 0.2) is 84.9 Å². The number of benzene rings is 4. The van der Waals surface area contributed by atoms with Gasteiger partial charge in [0.2, 0.25) is 11.8 Å². The smallest absolute Gasteiger partial charge is 0.330 e. The van der Waals surface area contributed by atoms with Crippen LogP contribution in [0.4, 0.5) is 4.79 Å². The number of unbranched alkanes of at least 4 members (excludes halogenated alkanes) is 2. The first-order valence-electron chi connectivity index (χ1n) is 14.5. The van der Waals surface area contributed by atoms with Crippen molar-refractivity contribution < 1.29 is 14.4 Å². The highest BCUT2D eigenvalue weighted by Gasteiger charge is 2.56. The lowest BCUT2D eigenvalue weighted by atomic mass is 9.72. The fourth-order valence-corrected chi connectivity index (χ4v) is 5.91. The summed E-state index contributed by atoms with van der Waals surface area (Å²) in [5.74, 6) is -0.859. The molecule has 1 aliphatic rings. The Morgan fingerprint density at radius 2 is 0.951 bits per heavy atom. The summed E-state index contributed by atoms with van der Waals surface area (Å²) < 4.78 is 0. The lowest BCUT2D eigenvalue weighted by Gasteiger charge is -2.44. The van der Waals surface area contributed by atoms with Gasteiger partial charge in [-0.05, 0) is 84.3 Å². The van der Waals surface area contributed by atoms with E-state index in [1.807, 2.05) is 84.9 Å². The molecular formula is C34H38N4O3. The minimum atomic E-state index is -1.47. The first kappa shape index (κ1) is 28.5. The number of nitrogens with zero attached hydrogens (tertiary/aromatic N) is 2. The maximum atomic E-state index is 14.5. The summed E-state index contributed by atoms with van der Waals surface area (Å²) in [5, 5.41) is 4.25. The lowest BCUT2D eigenvalue weighted by Crippen LogP contribution is -2.66. The highest BCUT2D eigenvalue weighted by molar-refractivity contribution is 6.19. The Morgan fingerprint density at radius 3 is 1.37 bits per heavy atom. The molecule has 1 saturated heterocycles. The second kappa shape index (κ2) is 12.6. The van der Waals surface area contributed by atoms with E-state index in [0.29, 0.717) is 38.8 Å². The van der Waals surface area contributed by atoms with Gasteiger partial charge in [-0.2, -0.15) is 0 Å². The van der Waals surface area contributed by atoms with E-state index < -0.39 is 23.3 Å². The normalized spacial score (nSPS) is 15.3. The van der Waals surface area contributed by atoms with Crippen LogP contribution in [0.25, 0.3) is 21.5 Å². The summed E-state index contributed by atoms with van der Waals surface area (Å²) in [6, 6.07) is 27.6. The minimum absolute atomic E-state index is 0.191. The van der Waals surface area contributed by atoms with Gasteiger partial charge in [-0.15, -0.1) is 0 Å². The molecule has 0 spiro atoms. The van der Waals surface area contributed by atoms with E-state index >= 15 is 0 Å². The van der Waals surface area contributed by atoms with Crippen LogP contribution in [0, 0.1) is 5.41 Å². The van der Waals surface area contributed by atoms with E-state index in [1.165, 1.54) is 9.80 Å². The van der Waals surface area contributed by atoms with Gasteiger partial charge in [-0.1, -0.05) is 84.9 Å². The number of urea groups is 1. The number of nitrogens with two attached hydrogens (primary N) is 2. The molecule has 4 amide bonds. The third kappa shape index (κ3) is 5.87. The Morgan fingerprint density at radius 1 is 0.537 bits per heavy atom. The Balaban J connectivity index is 1.61. The molecule has 0 aromatic heterocycles. The van der Waals surface area contributed by atoms with Crippen LogP contribution in [0.5, 0.6) is 0 Å². The van der Waals surface area contributed by atoms with Gasteiger partial charge >= 0.3 is 6.03 Å². The van der Waals surface area contributed by atoms with Gasteiger partial charge in [0.15, 0.2) is 0 Å². The summed E-state index contributed by atoms with van der Waals surface area (Å²) in [6.45, 7) is 1.39. The highest BCUT2D eigenvalue weighted by Crippen LogP contribution is 2.38. The quantitative estimate of drug-likeness (QED) is 0.190. The Labute approximate surface area is 241 Å². The van der Waals surface area contributed by atoms with E-state index in [-0.39, 0.29) is 25.9 Å². The topological polar surface area (TPSA) is 110 Å². The molecule has 1 fully saturated rings. The summed E-state index contributed by atoms with van der Waals surface area (Å²) in [6.07, 6.45) is 2.91. The summed E-state index contributed by atoms with van der Waals surface area (Å²) in [4.78, 5) is 45.2. The average Bonchev–Trinajstić information content (AvgIpc) is 2.99. The van der Waals surface area contributed by atoms with Crippen molar-refractivity contribution >= 4 is 39.4 Å². The molecule has 4 N–H and O–H groups in total. The van der Waals surface area contributed by atoms with E-state index in [9.17, 15) is 14.4 Å². The standard InChI is InChI=1S/C34H38N4O3/c35-17-5-7-19-37-31(39)34(32(40)38(33(37)41)20-8-6-18-36,23-25-13-15-27-9-1-3-11-29(27)21-25)24-26-14-16-28-10-2-4-12-30(28)22-26/h1-4,9-16,21-22H,5-8,17-20,23-24,35-36H2. The fourth-order valence-electron chi connectivity index (χ4n) is 5.91. The van der Waals surface area contributed by atoms with Gasteiger partial charge in [0.05, 0.1) is 0 Å². The second-order valence-electron chi connectivity index (χ2n) is 11.0. The molecule has 0 radical (unpaired) electrons. The number of carbonyl (C=O) groups excluding carboxylic acids is 3. The largest absolute Gasteiger partial charge is 0.333 e. The summed E-state index contributed by atoms with van der Waals surface area (Å²) in [7, 11) is 0. The van der Waals surface area contributed by atoms with E-state index in [0.717, 1.165) is 32.7 Å². The van der Waals surface area contributed by atoms with Crippen LogP contribution >= 0.6 is 0 Å². The Kier molecular flexibility index (Phi) is 8.76. The average molecular weight is 551 g/mol.